The summed E-state index contributed by atoms with van der Waals surface area (Å²) in [5.74, 6) is -1.29. The van der Waals surface area contributed by atoms with Crippen LogP contribution in [0.15, 0.2) is 84.2 Å². The minimum atomic E-state index is -0.973. The van der Waals surface area contributed by atoms with Crippen LogP contribution in [0.3, 0.4) is 0 Å². The Labute approximate surface area is 207 Å². The average molecular weight is 482 g/mol. The summed E-state index contributed by atoms with van der Waals surface area (Å²) in [6.07, 6.45) is 0.226. The molecule has 0 saturated carbocycles. The normalized spacial score (nSPS) is 13.6. The molecule has 0 saturated heterocycles. The number of benzene rings is 3. The van der Waals surface area contributed by atoms with E-state index in [1.54, 1.807) is 24.3 Å². The maximum absolute atomic E-state index is 13.4. The van der Waals surface area contributed by atoms with Crippen LogP contribution >= 0.6 is 11.3 Å². The van der Waals surface area contributed by atoms with Crippen molar-refractivity contribution in [2.24, 2.45) is 0 Å². The van der Waals surface area contributed by atoms with Crippen LogP contribution in [-0.4, -0.2) is 33.6 Å². The van der Waals surface area contributed by atoms with Crippen LogP contribution < -0.4 is 5.32 Å². The Balaban J connectivity index is 1.37. The van der Waals surface area contributed by atoms with Crippen molar-refractivity contribution in [2.75, 3.05) is 0 Å². The third-order valence-electron chi connectivity index (χ3n) is 6.08. The molecule has 0 bridgehead atoms. The zero-order valence-electron chi connectivity index (χ0n) is 19.1. The van der Waals surface area contributed by atoms with Crippen molar-refractivity contribution >= 4 is 29.1 Å². The van der Waals surface area contributed by atoms with Crippen molar-refractivity contribution in [2.45, 2.75) is 25.9 Å². The van der Waals surface area contributed by atoms with Gasteiger partial charge in [0, 0.05) is 17.4 Å². The van der Waals surface area contributed by atoms with Gasteiger partial charge in [0.15, 0.2) is 0 Å². The zero-order valence-corrected chi connectivity index (χ0v) is 19.9. The molecule has 0 spiro atoms. The highest BCUT2D eigenvalue weighted by atomic mass is 32.1. The van der Waals surface area contributed by atoms with Crippen molar-refractivity contribution < 1.29 is 14.4 Å². The number of thiazole rings is 1. The molecule has 7 heteroatoms. The van der Waals surface area contributed by atoms with Crippen LogP contribution in [0.4, 0.5) is 0 Å². The number of hydrogen-bond donors (Lipinski definition) is 1. The van der Waals surface area contributed by atoms with Crippen LogP contribution in [0.25, 0.3) is 10.6 Å². The maximum Gasteiger partial charge on any atom is 0.262 e. The number of aromatic nitrogens is 1. The second-order valence-corrected chi connectivity index (χ2v) is 9.27. The van der Waals surface area contributed by atoms with Gasteiger partial charge in [-0.1, -0.05) is 66.7 Å². The molecule has 0 aliphatic carbocycles. The van der Waals surface area contributed by atoms with E-state index in [2.05, 4.69) is 10.3 Å². The number of carbonyl (C=O) groups excluding carboxylic acids is 3. The fraction of sp³-hybridized carbons (Fsp3) is 0.143. The summed E-state index contributed by atoms with van der Waals surface area (Å²) in [6.45, 7) is 2.24. The molecule has 5 rings (SSSR count). The smallest absolute Gasteiger partial charge is 0.262 e. The highest BCUT2D eigenvalue weighted by Gasteiger charge is 2.42. The van der Waals surface area contributed by atoms with E-state index >= 15 is 0 Å². The van der Waals surface area contributed by atoms with Crippen LogP contribution in [0, 0.1) is 6.92 Å². The van der Waals surface area contributed by atoms with E-state index in [4.69, 9.17) is 0 Å². The molecular weight excluding hydrogens is 458 g/mol. The Morgan fingerprint density at radius 2 is 1.49 bits per heavy atom. The number of carbonyl (C=O) groups is 3. The molecule has 1 atom stereocenters. The number of hydrogen-bond acceptors (Lipinski definition) is 5. The number of imide groups is 1. The third kappa shape index (κ3) is 4.50. The number of fused-ring (bicyclic) bond motifs is 1. The zero-order chi connectivity index (χ0) is 24.4. The van der Waals surface area contributed by atoms with E-state index in [-0.39, 0.29) is 13.0 Å². The molecule has 1 aromatic heterocycles. The van der Waals surface area contributed by atoms with Crippen molar-refractivity contribution in [1.82, 2.24) is 15.2 Å². The summed E-state index contributed by atoms with van der Waals surface area (Å²) in [7, 11) is 0. The highest BCUT2D eigenvalue weighted by Crippen LogP contribution is 2.28. The molecule has 3 aromatic carbocycles. The van der Waals surface area contributed by atoms with Gasteiger partial charge in [-0.25, -0.2) is 4.98 Å². The lowest BCUT2D eigenvalue weighted by atomic mass is 10.0. The predicted molar refractivity (Wildman–Crippen MR) is 135 cm³/mol. The van der Waals surface area contributed by atoms with Crippen LogP contribution in [0.1, 0.15) is 37.5 Å². The Hall–Kier alpha value is -4.10. The monoisotopic (exact) mass is 481 g/mol. The SMILES string of the molecule is Cc1ccccc1-c1nc(CNC(=O)C(Cc2ccccc2)N2C(=O)c3ccccc3C2=O)cs1. The van der Waals surface area contributed by atoms with E-state index in [0.717, 1.165) is 32.3 Å². The third-order valence-corrected chi connectivity index (χ3v) is 7.01. The molecule has 4 aromatic rings. The van der Waals surface area contributed by atoms with E-state index < -0.39 is 23.8 Å². The summed E-state index contributed by atoms with van der Waals surface area (Å²) in [4.78, 5) is 45.4. The maximum atomic E-state index is 13.4. The fourth-order valence-corrected chi connectivity index (χ4v) is 5.16. The second-order valence-electron chi connectivity index (χ2n) is 8.41. The van der Waals surface area contributed by atoms with E-state index in [0.29, 0.717) is 11.1 Å². The van der Waals surface area contributed by atoms with Gasteiger partial charge in [-0.15, -0.1) is 11.3 Å². The van der Waals surface area contributed by atoms with Gasteiger partial charge in [0.1, 0.15) is 11.0 Å². The van der Waals surface area contributed by atoms with Gasteiger partial charge in [-0.3, -0.25) is 19.3 Å². The topological polar surface area (TPSA) is 79.4 Å². The van der Waals surface area contributed by atoms with Crippen molar-refractivity contribution in [3.8, 4) is 10.6 Å². The van der Waals surface area contributed by atoms with Gasteiger partial charge in [0.25, 0.3) is 11.8 Å². The van der Waals surface area contributed by atoms with Gasteiger partial charge in [-0.05, 0) is 30.2 Å². The molecule has 1 aliphatic heterocycles. The number of amides is 3. The summed E-state index contributed by atoms with van der Waals surface area (Å²) >= 11 is 1.52. The Morgan fingerprint density at radius 1 is 0.886 bits per heavy atom. The first-order chi connectivity index (χ1) is 17.0. The Bertz CT molecular complexity index is 1380. The number of rotatable bonds is 7. The first-order valence-corrected chi connectivity index (χ1v) is 12.2. The molecule has 1 aliphatic rings. The lowest BCUT2D eigenvalue weighted by Gasteiger charge is -2.25. The summed E-state index contributed by atoms with van der Waals surface area (Å²) < 4.78 is 0. The minimum absolute atomic E-state index is 0.204. The molecule has 174 valence electrons. The van der Waals surface area contributed by atoms with Crippen molar-refractivity contribution in [3.05, 3.63) is 112 Å². The standard InChI is InChI=1S/C28H23N3O3S/c1-18-9-5-6-12-21(18)26-30-20(17-35-26)16-29-25(32)24(15-19-10-3-2-4-11-19)31-27(33)22-13-7-8-14-23(22)28(31)34/h2-14,17,24H,15-16H2,1H3,(H,29,32). The number of aryl methyl sites for hydroxylation is 1. The predicted octanol–water partition coefficient (Wildman–Crippen LogP) is 4.64. The fourth-order valence-electron chi connectivity index (χ4n) is 4.25. The molecular formula is C28H23N3O3S. The van der Waals surface area contributed by atoms with Crippen molar-refractivity contribution in [1.29, 1.82) is 0 Å². The molecule has 6 nitrogen and oxygen atoms in total. The Kier molecular flexibility index (Phi) is 6.25. The van der Waals surface area contributed by atoms with E-state index in [9.17, 15) is 14.4 Å². The molecule has 0 fully saturated rings. The van der Waals surface area contributed by atoms with Crippen molar-refractivity contribution in [3.63, 3.8) is 0 Å². The summed E-state index contributed by atoms with van der Waals surface area (Å²) in [6, 6.07) is 23.1. The highest BCUT2D eigenvalue weighted by molar-refractivity contribution is 7.13. The molecule has 1 N–H and O–H groups in total. The quantitative estimate of drug-likeness (QED) is 0.390. The first-order valence-electron chi connectivity index (χ1n) is 11.3. The minimum Gasteiger partial charge on any atom is -0.349 e. The molecule has 2 heterocycles. The molecule has 1 unspecified atom stereocenters. The van der Waals surface area contributed by atoms with Gasteiger partial charge in [0.05, 0.1) is 23.4 Å². The summed E-state index contributed by atoms with van der Waals surface area (Å²) in [5.41, 5.74) is 4.42. The molecule has 3 amide bonds. The van der Waals surface area contributed by atoms with E-state index in [1.807, 2.05) is 66.9 Å². The van der Waals surface area contributed by atoms with Gasteiger partial charge >= 0.3 is 0 Å². The average Bonchev–Trinajstić information content (AvgIpc) is 3.45. The first kappa shape index (κ1) is 22.7. The summed E-state index contributed by atoms with van der Waals surface area (Å²) in [5, 5.41) is 5.70. The van der Waals surface area contributed by atoms with Gasteiger partial charge < -0.3 is 5.32 Å². The van der Waals surface area contributed by atoms with Gasteiger partial charge in [0.2, 0.25) is 5.91 Å². The lowest BCUT2D eigenvalue weighted by Crippen LogP contribution is -2.50. The molecule has 35 heavy (non-hydrogen) atoms. The number of nitrogens with one attached hydrogen (secondary N) is 1. The van der Waals surface area contributed by atoms with Crippen LogP contribution in [0.2, 0.25) is 0 Å². The van der Waals surface area contributed by atoms with Crippen LogP contribution in [0.5, 0.6) is 0 Å². The number of nitrogens with zero attached hydrogens (tertiary/aromatic N) is 2. The second kappa shape index (κ2) is 9.64. The van der Waals surface area contributed by atoms with E-state index in [1.165, 1.54) is 11.3 Å². The van der Waals surface area contributed by atoms with Crippen LogP contribution in [-0.2, 0) is 17.8 Å². The van der Waals surface area contributed by atoms with Gasteiger partial charge in [-0.2, -0.15) is 0 Å². The Morgan fingerprint density at radius 3 is 2.14 bits per heavy atom. The molecule has 0 radical (unpaired) electrons. The lowest BCUT2D eigenvalue weighted by molar-refractivity contribution is -0.125. The largest absolute Gasteiger partial charge is 0.349 e.